The molecule has 1 atom stereocenters. The van der Waals surface area contributed by atoms with Crippen LogP contribution >= 0.6 is 27.5 Å². The van der Waals surface area contributed by atoms with E-state index in [1.54, 1.807) is 6.07 Å². The van der Waals surface area contributed by atoms with E-state index in [4.69, 9.17) is 11.6 Å². The summed E-state index contributed by atoms with van der Waals surface area (Å²) in [5.41, 5.74) is -3.20. The van der Waals surface area contributed by atoms with Crippen LogP contribution in [-0.2, 0) is 9.84 Å². The number of hydrogen-bond acceptors (Lipinski definition) is 6. The van der Waals surface area contributed by atoms with Gasteiger partial charge >= 0.3 is 5.57 Å². The number of carbonyl (C=O) groups is 1. The number of amides is 1. The Balaban J connectivity index is 1.67. The van der Waals surface area contributed by atoms with Crippen LogP contribution in [0.1, 0.15) is 16.8 Å². The van der Waals surface area contributed by atoms with Crippen molar-refractivity contribution in [3.05, 3.63) is 46.6 Å². The summed E-state index contributed by atoms with van der Waals surface area (Å²) in [6, 6.07) is 6.85. The van der Waals surface area contributed by atoms with Crippen molar-refractivity contribution >= 4 is 54.8 Å². The number of alkyl halides is 3. The Morgan fingerprint density at radius 1 is 1.37 bits per heavy atom. The highest BCUT2D eigenvalue weighted by molar-refractivity contribution is 9.10. The number of anilines is 2. The van der Waals surface area contributed by atoms with Gasteiger partial charge in [0.05, 0.1) is 15.3 Å². The molecule has 0 radical (unpaired) electrons. The minimum Gasteiger partial charge on any atom is -0.420 e. The first-order valence-corrected chi connectivity index (χ1v) is 11.8. The van der Waals surface area contributed by atoms with Crippen LogP contribution in [0, 0.1) is 0 Å². The van der Waals surface area contributed by atoms with E-state index in [1.807, 2.05) is 4.90 Å². The summed E-state index contributed by atoms with van der Waals surface area (Å²) in [5, 5.41) is 2.18. The maximum Gasteiger partial charge on any atom is 0.487 e. The Labute approximate surface area is 185 Å². The summed E-state index contributed by atoms with van der Waals surface area (Å²) >= 11 is 8.09. The van der Waals surface area contributed by atoms with E-state index in [2.05, 4.69) is 31.0 Å². The zero-order chi connectivity index (χ0) is 22.1. The van der Waals surface area contributed by atoms with Crippen molar-refractivity contribution in [3.63, 3.8) is 0 Å². The van der Waals surface area contributed by atoms with Gasteiger partial charge in [-0.25, -0.2) is 13.4 Å². The van der Waals surface area contributed by atoms with Crippen molar-refractivity contribution in [2.24, 2.45) is 0 Å². The average molecular weight is 525 g/mol. The third-order valence-electron chi connectivity index (χ3n) is 4.48. The molecule has 30 heavy (non-hydrogen) atoms. The Kier molecular flexibility index (Phi) is 6.54. The zero-order valence-corrected chi connectivity index (χ0v) is 18.8. The van der Waals surface area contributed by atoms with Crippen LogP contribution in [0.5, 0.6) is 5.75 Å². The summed E-state index contributed by atoms with van der Waals surface area (Å²) in [6.45, 7) is 0.885. The van der Waals surface area contributed by atoms with E-state index in [9.17, 15) is 22.0 Å². The molecule has 0 saturated carbocycles. The summed E-state index contributed by atoms with van der Waals surface area (Å²) in [5.74, 6) is -0.0532. The van der Waals surface area contributed by atoms with Gasteiger partial charge in [-0.3, -0.25) is 4.79 Å². The standard InChI is InChI=1S/C18H17BrClF2N3O4S/c1-30(27,28)14-6-7-25(10-14)16-15(19)8-11(9-23-16)17(26)24-12-2-4-13(5-3-12)29-18(20,21)22/h2-5,8-9,14H,6-7,10H2,1H3,(H,24,26)/t14-/m1/s1. The van der Waals surface area contributed by atoms with Crippen molar-refractivity contribution in [1.29, 1.82) is 0 Å². The van der Waals surface area contributed by atoms with Gasteiger partial charge in [0.2, 0.25) is 0 Å². The quantitative estimate of drug-likeness (QED) is 0.577. The SMILES string of the molecule is CS(=O)(=O)[C@@H]1CCN(c2ncc(C(=O)Nc3ccc(OC(F)(F)Cl)cc3)cc2Br)C1. The maximum atomic E-state index is 12.6. The molecule has 1 aliphatic heterocycles. The third kappa shape index (κ3) is 5.79. The number of benzene rings is 1. The van der Waals surface area contributed by atoms with Crippen molar-refractivity contribution in [2.45, 2.75) is 17.2 Å². The number of nitrogens with one attached hydrogen (secondary N) is 1. The Bertz CT molecular complexity index is 1050. The van der Waals surface area contributed by atoms with Crippen LogP contribution in [0.4, 0.5) is 20.3 Å². The average Bonchev–Trinajstić information content (AvgIpc) is 3.12. The molecule has 2 aromatic rings. The summed E-state index contributed by atoms with van der Waals surface area (Å²) in [4.78, 5) is 18.6. The maximum absolute atomic E-state index is 12.6. The van der Waals surface area contributed by atoms with E-state index in [0.717, 1.165) is 0 Å². The fourth-order valence-corrected chi connectivity index (χ4v) is 4.67. The predicted octanol–water partition coefficient (Wildman–Crippen LogP) is 3.89. The first-order chi connectivity index (χ1) is 13.9. The molecule has 0 spiro atoms. The molecule has 1 fully saturated rings. The van der Waals surface area contributed by atoms with Crippen molar-refractivity contribution in [2.75, 3.05) is 29.6 Å². The van der Waals surface area contributed by atoms with Gasteiger partial charge in [0.1, 0.15) is 11.6 Å². The van der Waals surface area contributed by atoms with Gasteiger partial charge in [0.25, 0.3) is 5.91 Å². The topological polar surface area (TPSA) is 88.6 Å². The Morgan fingerprint density at radius 3 is 2.57 bits per heavy atom. The molecule has 12 heteroatoms. The van der Waals surface area contributed by atoms with E-state index in [-0.39, 0.29) is 11.3 Å². The van der Waals surface area contributed by atoms with Crippen LogP contribution in [0.15, 0.2) is 41.0 Å². The second kappa shape index (κ2) is 8.64. The van der Waals surface area contributed by atoms with Gasteiger partial charge < -0.3 is 15.0 Å². The summed E-state index contributed by atoms with van der Waals surface area (Å²) in [6.07, 6.45) is 3.12. The van der Waals surface area contributed by atoms with E-state index in [1.165, 1.54) is 36.7 Å². The third-order valence-corrected chi connectivity index (χ3v) is 6.74. The normalized spacial score (nSPS) is 17.1. The molecular formula is C18H17BrClF2N3O4S. The summed E-state index contributed by atoms with van der Waals surface area (Å²) < 4.78 is 53.5. The van der Waals surface area contributed by atoms with Crippen molar-refractivity contribution < 1.29 is 26.7 Å². The Hall–Kier alpha value is -1.98. The van der Waals surface area contributed by atoms with Crippen LogP contribution in [0.25, 0.3) is 0 Å². The van der Waals surface area contributed by atoms with Crippen LogP contribution in [0.2, 0.25) is 0 Å². The lowest BCUT2D eigenvalue weighted by molar-refractivity contribution is -0.0964. The largest absolute Gasteiger partial charge is 0.487 e. The van der Waals surface area contributed by atoms with E-state index in [0.29, 0.717) is 35.5 Å². The number of halogens is 4. The minimum absolute atomic E-state index is 0.153. The molecule has 0 unspecified atom stereocenters. The lowest BCUT2D eigenvalue weighted by atomic mass is 10.2. The number of rotatable bonds is 6. The number of pyridine rings is 1. The number of ether oxygens (including phenoxy) is 1. The van der Waals surface area contributed by atoms with E-state index < -0.39 is 26.6 Å². The highest BCUT2D eigenvalue weighted by Crippen LogP contribution is 2.30. The molecule has 3 rings (SSSR count). The summed E-state index contributed by atoms with van der Waals surface area (Å²) in [7, 11) is -3.13. The second-order valence-corrected chi connectivity index (χ2v) is 10.4. The molecule has 1 aromatic heterocycles. The van der Waals surface area contributed by atoms with Gasteiger partial charge in [-0.1, -0.05) is 0 Å². The minimum atomic E-state index is -3.82. The highest BCUT2D eigenvalue weighted by atomic mass is 79.9. The molecular weight excluding hydrogens is 508 g/mol. The molecule has 1 amide bonds. The zero-order valence-electron chi connectivity index (χ0n) is 15.6. The molecule has 1 aromatic carbocycles. The predicted molar refractivity (Wildman–Crippen MR) is 113 cm³/mol. The number of carbonyl (C=O) groups excluding carboxylic acids is 1. The lowest BCUT2D eigenvalue weighted by Gasteiger charge is -2.19. The van der Waals surface area contributed by atoms with Gasteiger partial charge in [0.15, 0.2) is 9.84 Å². The Morgan fingerprint density at radius 2 is 2.03 bits per heavy atom. The molecule has 0 bridgehead atoms. The number of sulfone groups is 1. The second-order valence-electron chi connectivity index (χ2n) is 6.74. The number of nitrogens with zero attached hydrogens (tertiary/aromatic N) is 2. The first kappa shape index (κ1) is 22.7. The smallest absolute Gasteiger partial charge is 0.420 e. The van der Waals surface area contributed by atoms with E-state index >= 15 is 0 Å². The van der Waals surface area contributed by atoms with Gasteiger partial charge in [-0.2, -0.15) is 0 Å². The van der Waals surface area contributed by atoms with Gasteiger partial charge in [-0.05, 0) is 52.7 Å². The highest BCUT2D eigenvalue weighted by Gasteiger charge is 2.31. The fourth-order valence-electron chi connectivity index (χ4n) is 3.00. The molecule has 1 saturated heterocycles. The van der Waals surface area contributed by atoms with Crippen molar-refractivity contribution in [3.8, 4) is 5.75 Å². The lowest BCUT2D eigenvalue weighted by Crippen LogP contribution is -2.27. The van der Waals surface area contributed by atoms with Crippen LogP contribution < -0.4 is 15.0 Å². The fraction of sp³-hybridized carbons (Fsp3) is 0.333. The van der Waals surface area contributed by atoms with Crippen LogP contribution in [-0.4, -0.2) is 49.5 Å². The molecule has 0 aliphatic carbocycles. The number of hydrogen-bond donors (Lipinski definition) is 1. The molecule has 7 nitrogen and oxygen atoms in total. The number of aromatic nitrogens is 1. The molecule has 1 N–H and O–H groups in total. The first-order valence-electron chi connectivity index (χ1n) is 8.69. The molecule has 2 heterocycles. The molecule has 1 aliphatic rings. The van der Waals surface area contributed by atoms with Gasteiger partial charge in [0, 0.05) is 42.8 Å². The van der Waals surface area contributed by atoms with Gasteiger partial charge in [-0.15, -0.1) is 8.78 Å². The molecule has 162 valence electrons. The van der Waals surface area contributed by atoms with Crippen LogP contribution in [0.3, 0.4) is 0 Å². The van der Waals surface area contributed by atoms with Crippen molar-refractivity contribution in [1.82, 2.24) is 4.98 Å². The monoisotopic (exact) mass is 523 g/mol.